The van der Waals surface area contributed by atoms with E-state index in [0.29, 0.717) is 17.1 Å². The van der Waals surface area contributed by atoms with Gasteiger partial charge in [-0.2, -0.15) is 10.0 Å². The zero-order chi connectivity index (χ0) is 26.0. The van der Waals surface area contributed by atoms with Crippen molar-refractivity contribution in [3.05, 3.63) is 58.1 Å². The van der Waals surface area contributed by atoms with Crippen LogP contribution in [0.25, 0.3) is 6.08 Å². The van der Waals surface area contributed by atoms with E-state index < -0.39 is 15.7 Å². The Kier molecular flexibility index (Phi) is 7.38. The van der Waals surface area contributed by atoms with Crippen molar-refractivity contribution in [3.8, 4) is 17.2 Å². The summed E-state index contributed by atoms with van der Waals surface area (Å²) in [7, 11) is -2.17. The topological polar surface area (TPSA) is 131 Å². The number of ether oxygens (including phenoxy) is 3. The summed E-state index contributed by atoms with van der Waals surface area (Å²) in [6.45, 7) is 2.44. The van der Waals surface area contributed by atoms with E-state index in [1.807, 2.05) is 31.2 Å². The van der Waals surface area contributed by atoms with Crippen LogP contribution in [0.2, 0.25) is 5.02 Å². The molecular formula is C23H21ClN4O6S2. The molecule has 0 atom stereocenters. The molecule has 1 N–H and O–H groups in total. The molecule has 0 radical (unpaired) electrons. The molecule has 2 heterocycles. The van der Waals surface area contributed by atoms with Gasteiger partial charge in [0.15, 0.2) is 17.3 Å². The highest BCUT2D eigenvalue weighted by Crippen LogP contribution is 2.38. The van der Waals surface area contributed by atoms with E-state index in [4.69, 9.17) is 31.2 Å². The molecule has 2 aliphatic heterocycles. The van der Waals surface area contributed by atoms with Gasteiger partial charge in [-0.1, -0.05) is 29.8 Å². The molecule has 36 heavy (non-hydrogen) atoms. The number of thioether (sulfide) groups is 1. The monoisotopic (exact) mass is 548 g/mol. The van der Waals surface area contributed by atoms with E-state index in [1.54, 1.807) is 12.1 Å². The number of nitrogens with zero attached hydrogens (tertiary/aromatic N) is 3. The second kappa shape index (κ2) is 10.3. The molecule has 0 aromatic heterocycles. The first-order valence-corrected chi connectivity index (χ1v) is 13.6. The van der Waals surface area contributed by atoms with E-state index in [2.05, 4.69) is 10.1 Å². The van der Waals surface area contributed by atoms with Crippen LogP contribution in [0.15, 0.2) is 52.1 Å². The molecule has 2 aromatic rings. The fraction of sp³-hybridized carbons (Fsp3) is 0.217. The van der Waals surface area contributed by atoms with Crippen LogP contribution < -0.4 is 14.2 Å². The molecule has 13 heteroatoms. The Morgan fingerprint density at radius 1 is 1.17 bits per heavy atom. The summed E-state index contributed by atoms with van der Waals surface area (Å²) in [5, 5.41) is 13.5. The molecule has 2 aliphatic rings. The minimum absolute atomic E-state index is 0.00912. The highest BCUT2D eigenvalue weighted by atomic mass is 35.5. The first-order valence-electron chi connectivity index (χ1n) is 10.5. The number of hydrazone groups is 1. The summed E-state index contributed by atoms with van der Waals surface area (Å²) in [5.74, 6) is 0.375. The SMILES string of the molecule is COc1cc(/C=C2/C(=N)N3N=C(S(C)(=O)=O)SC3=NC2=O)cc(Cl)c1OCCOc1ccccc1C. The first kappa shape index (κ1) is 25.7. The molecule has 4 rings (SSSR count). The van der Waals surface area contributed by atoms with Gasteiger partial charge in [-0.3, -0.25) is 10.2 Å². The van der Waals surface area contributed by atoms with E-state index in [0.717, 1.165) is 34.3 Å². The lowest BCUT2D eigenvalue weighted by atomic mass is 10.1. The molecule has 0 bridgehead atoms. The van der Waals surface area contributed by atoms with Crippen LogP contribution in [0.4, 0.5) is 0 Å². The van der Waals surface area contributed by atoms with Gasteiger partial charge in [0.25, 0.3) is 5.91 Å². The van der Waals surface area contributed by atoms with Gasteiger partial charge in [0, 0.05) is 6.26 Å². The number of rotatable bonds is 7. The summed E-state index contributed by atoms with van der Waals surface area (Å²) >= 11 is 7.16. The molecule has 0 fully saturated rings. The number of halogens is 1. The first-order chi connectivity index (χ1) is 17.1. The molecule has 10 nitrogen and oxygen atoms in total. The number of hydrogen-bond acceptors (Lipinski definition) is 9. The summed E-state index contributed by atoms with van der Waals surface area (Å²) in [5.41, 5.74) is 1.37. The maximum Gasteiger partial charge on any atom is 0.283 e. The predicted molar refractivity (Wildman–Crippen MR) is 140 cm³/mol. The Morgan fingerprint density at radius 3 is 2.58 bits per heavy atom. The second-order valence-corrected chi connectivity index (χ2v) is 11.2. The van der Waals surface area contributed by atoms with Crippen LogP contribution in [-0.2, 0) is 14.6 Å². The van der Waals surface area contributed by atoms with E-state index in [1.165, 1.54) is 13.2 Å². The van der Waals surface area contributed by atoms with Crippen LogP contribution in [0, 0.1) is 12.3 Å². The van der Waals surface area contributed by atoms with Crippen molar-refractivity contribution in [1.82, 2.24) is 5.01 Å². The van der Waals surface area contributed by atoms with Gasteiger partial charge in [0.05, 0.1) is 17.7 Å². The minimum Gasteiger partial charge on any atom is -0.493 e. The third-order valence-electron chi connectivity index (χ3n) is 5.00. The van der Waals surface area contributed by atoms with Crippen molar-refractivity contribution in [2.45, 2.75) is 6.92 Å². The molecular weight excluding hydrogens is 528 g/mol. The number of nitrogens with one attached hydrogen (secondary N) is 1. The average molecular weight is 549 g/mol. The maximum atomic E-state index is 12.6. The number of fused-ring (bicyclic) bond motifs is 1. The number of sulfone groups is 1. The number of carbonyl (C=O) groups excluding carboxylic acids is 1. The van der Waals surface area contributed by atoms with Gasteiger partial charge in [-0.05, 0) is 54.1 Å². The molecule has 0 unspecified atom stereocenters. The lowest BCUT2D eigenvalue weighted by Gasteiger charge is -2.20. The number of para-hydroxylation sites is 1. The van der Waals surface area contributed by atoms with Crippen molar-refractivity contribution < 1.29 is 27.4 Å². The van der Waals surface area contributed by atoms with E-state index in [9.17, 15) is 13.2 Å². The van der Waals surface area contributed by atoms with Crippen molar-refractivity contribution >= 4 is 60.6 Å². The lowest BCUT2D eigenvalue weighted by molar-refractivity contribution is -0.114. The molecule has 2 aromatic carbocycles. The molecule has 188 valence electrons. The average Bonchev–Trinajstić information content (AvgIpc) is 3.26. The molecule has 0 spiro atoms. The van der Waals surface area contributed by atoms with Crippen LogP contribution in [0.3, 0.4) is 0 Å². The Balaban J connectivity index is 1.52. The number of methoxy groups -OCH3 is 1. The minimum atomic E-state index is -3.62. The largest absolute Gasteiger partial charge is 0.493 e. The van der Waals surface area contributed by atoms with Gasteiger partial charge >= 0.3 is 0 Å². The summed E-state index contributed by atoms with van der Waals surface area (Å²) in [6, 6.07) is 10.8. The molecule has 1 amide bonds. The lowest BCUT2D eigenvalue weighted by Crippen LogP contribution is -2.35. The zero-order valence-corrected chi connectivity index (χ0v) is 21.8. The van der Waals surface area contributed by atoms with E-state index in [-0.39, 0.29) is 39.2 Å². The third-order valence-corrected chi connectivity index (χ3v) is 7.85. The van der Waals surface area contributed by atoms with Crippen LogP contribution in [0.1, 0.15) is 11.1 Å². The summed E-state index contributed by atoms with van der Waals surface area (Å²) in [6.07, 6.45) is 2.40. The zero-order valence-electron chi connectivity index (χ0n) is 19.4. The fourth-order valence-corrected chi connectivity index (χ4v) is 5.23. The standard InChI is InChI=1S/C23H21ClN4O6S2/c1-13-6-4-5-7-17(13)33-8-9-34-19-16(24)11-14(12-18(19)32-2)10-15-20(25)28-22(26-21(15)29)35-23(27-28)36(3,30)31/h4-7,10-12,25H,8-9H2,1-3H3/b15-10-,25-20?. The van der Waals surface area contributed by atoms with E-state index >= 15 is 0 Å². The van der Waals surface area contributed by atoms with Gasteiger partial charge in [-0.15, -0.1) is 5.10 Å². The van der Waals surface area contributed by atoms with Crippen molar-refractivity contribution in [2.24, 2.45) is 10.1 Å². The smallest absolute Gasteiger partial charge is 0.283 e. The van der Waals surface area contributed by atoms with Gasteiger partial charge < -0.3 is 14.2 Å². The molecule has 0 saturated carbocycles. The van der Waals surface area contributed by atoms with Crippen molar-refractivity contribution in [3.63, 3.8) is 0 Å². The fourth-order valence-electron chi connectivity index (χ4n) is 3.27. The molecule has 0 aliphatic carbocycles. The van der Waals surface area contributed by atoms with Crippen molar-refractivity contribution in [1.29, 1.82) is 5.41 Å². The quantitative estimate of drug-likeness (QED) is 0.409. The summed E-state index contributed by atoms with van der Waals surface area (Å²) in [4.78, 5) is 16.5. The number of carbonyl (C=O) groups is 1. The second-order valence-electron chi connectivity index (χ2n) is 7.65. The van der Waals surface area contributed by atoms with Crippen LogP contribution in [-0.4, -0.2) is 61.3 Å². The Hall–Kier alpha value is -3.35. The number of hydrogen-bond donors (Lipinski definition) is 1. The van der Waals surface area contributed by atoms with Crippen molar-refractivity contribution in [2.75, 3.05) is 26.6 Å². The molecule has 0 saturated heterocycles. The number of amides is 1. The highest BCUT2D eigenvalue weighted by Gasteiger charge is 2.38. The summed E-state index contributed by atoms with van der Waals surface area (Å²) < 4.78 is 40.3. The van der Waals surface area contributed by atoms with Gasteiger partial charge in [-0.25, -0.2) is 8.42 Å². The number of aliphatic imine (C=N–C) groups is 1. The number of benzene rings is 2. The third kappa shape index (κ3) is 5.40. The van der Waals surface area contributed by atoms with Gasteiger partial charge in [0.1, 0.15) is 19.0 Å². The Labute approximate surface area is 217 Å². The van der Waals surface area contributed by atoms with Gasteiger partial charge in [0.2, 0.25) is 19.4 Å². The predicted octanol–water partition coefficient (Wildman–Crippen LogP) is 3.74. The Bertz CT molecular complexity index is 1450. The highest BCUT2D eigenvalue weighted by molar-refractivity contribution is 8.42. The Morgan fingerprint density at radius 2 is 1.89 bits per heavy atom. The normalized spacial score (nSPS) is 16.6. The van der Waals surface area contributed by atoms with Crippen LogP contribution in [0.5, 0.6) is 17.2 Å². The number of aryl methyl sites for hydroxylation is 1. The van der Waals surface area contributed by atoms with Crippen LogP contribution >= 0.6 is 23.4 Å². The number of amidine groups is 2. The maximum absolute atomic E-state index is 12.6.